The fraction of sp³-hybridized carbons (Fsp3) is 0.462. The molecule has 18 heavy (non-hydrogen) atoms. The number of rotatable bonds is 5. The van der Waals surface area contributed by atoms with E-state index in [9.17, 15) is 4.79 Å². The van der Waals surface area contributed by atoms with E-state index in [-0.39, 0.29) is 11.8 Å². The molecule has 5 heteroatoms. The molecule has 100 valence electrons. The lowest BCUT2D eigenvalue weighted by atomic mass is 10.1. The average molecular weight is 270 g/mol. The van der Waals surface area contributed by atoms with Crippen LogP contribution in [0.5, 0.6) is 0 Å². The number of hydrogen-bond acceptors (Lipinski definition) is 3. The van der Waals surface area contributed by atoms with Gasteiger partial charge in [0.1, 0.15) is 0 Å². The maximum atomic E-state index is 11.4. The number of amides is 1. The summed E-state index contributed by atoms with van der Waals surface area (Å²) >= 11 is 6.11. The average Bonchev–Trinajstić information content (AvgIpc) is 2.32. The monoisotopic (exact) mass is 269 g/mol. The molecule has 0 radical (unpaired) electrons. The van der Waals surface area contributed by atoms with E-state index in [1.165, 1.54) is 0 Å². The number of hydrogen-bond donors (Lipinski definition) is 2. The Balaban J connectivity index is 2.61. The number of nitrogen functional groups attached to an aromatic ring is 1. The predicted molar refractivity (Wildman–Crippen MR) is 75.4 cm³/mol. The molecule has 1 rings (SSSR count). The third-order valence-electron chi connectivity index (χ3n) is 2.79. The van der Waals surface area contributed by atoms with Crippen LogP contribution in [0.4, 0.5) is 5.69 Å². The summed E-state index contributed by atoms with van der Waals surface area (Å²) < 4.78 is 0. The molecule has 0 spiro atoms. The number of carbonyl (C=O) groups excluding carboxylic acids is 1. The van der Waals surface area contributed by atoms with Crippen LogP contribution in [0.25, 0.3) is 0 Å². The zero-order chi connectivity index (χ0) is 13.7. The Bertz CT molecular complexity index is 423. The lowest BCUT2D eigenvalue weighted by molar-refractivity contribution is -0.124. The Hall–Kier alpha value is -1.26. The van der Waals surface area contributed by atoms with Crippen molar-refractivity contribution in [3.05, 3.63) is 28.8 Å². The van der Waals surface area contributed by atoms with E-state index < -0.39 is 0 Å². The second-order valence-electron chi connectivity index (χ2n) is 4.56. The molecule has 1 unspecified atom stereocenters. The fourth-order valence-electron chi connectivity index (χ4n) is 1.87. The second-order valence-corrected chi connectivity index (χ2v) is 4.97. The summed E-state index contributed by atoms with van der Waals surface area (Å²) in [6.45, 7) is 3.24. The van der Waals surface area contributed by atoms with Gasteiger partial charge in [0.05, 0.1) is 0 Å². The first-order chi connectivity index (χ1) is 8.43. The smallest absolute Gasteiger partial charge is 0.223 e. The predicted octanol–water partition coefficient (Wildman–Crippen LogP) is 1.74. The summed E-state index contributed by atoms with van der Waals surface area (Å²) in [6, 6.07) is 5.44. The molecule has 0 aromatic heterocycles. The van der Waals surface area contributed by atoms with E-state index in [0.29, 0.717) is 23.8 Å². The molecule has 0 fully saturated rings. The molecule has 1 aromatic carbocycles. The summed E-state index contributed by atoms with van der Waals surface area (Å²) in [5.41, 5.74) is 7.40. The van der Waals surface area contributed by atoms with Gasteiger partial charge in [-0.25, -0.2) is 0 Å². The highest BCUT2D eigenvalue weighted by Gasteiger charge is 2.14. The van der Waals surface area contributed by atoms with Crippen LogP contribution in [0, 0.1) is 5.92 Å². The molecule has 0 saturated heterocycles. The van der Waals surface area contributed by atoms with Gasteiger partial charge in [0.25, 0.3) is 0 Å². The lowest BCUT2D eigenvalue weighted by Gasteiger charge is -2.21. The van der Waals surface area contributed by atoms with Gasteiger partial charge in [0, 0.05) is 36.8 Å². The molecule has 1 amide bonds. The SMILES string of the molecule is CNC(=O)C(C)CN(C)Cc1cc(N)ccc1Cl. The van der Waals surface area contributed by atoms with Crippen LogP contribution in [0.1, 0.15) is 12.5 Å². The topological polar surface area (TPSA) is 58.4 Å². The maximum Gasteiger partial charge on any atom is 0.223 e. The van der Waals surface area contributed by atoms with Crippen molar-refractivity contribution < 1.29 is 4.79 Å². The van der Waals surface area contributed by atoms with Gasteiger partial charge in [-0.05, 0) is 30.8 Å². The first kappa shape index (κ1) is 14.8. The molecular weight excluding hydrogens is 250 g/mol. The van der Waals surface area contributed by atoms with Crippen LogP contribution >= 0.6 is 11.6 Å². The van der Waals surface area contributed by atoms with Crippen LogP contribution in [0.15, 0.2) is 18.2 Å². The minimum atomic E-state index is -0.0557. The molecule has 0 aliphatic carbocycles. The zero-order valence-corrected chi connectivity index (χ0v) is 11.8. The van der Waals surface area contributed by atoms with Gasteiger partial charge in [0.2, 0.25) is 5.91 Å². The van der Waals surface area contributed by atoms with Crippen molar-refractivity contribution in [2.75, 3.05) is 26.4 Å². The van der Waals surface area contributed by atoms with Crippen LogP contribution in [-0.4, -0.2) is 31.4 Å². The highest BCUT2D eigenvalue weighted by molar-refractivity contribution is 6.31. The first-order valence-electron chi connectivity index (χ1n) is 5.88. The number of halogens is 1. The van der Waals surface area contributed by atoms with Gasteiger partial charge < -0.3 is 16.0 Å². The summed E-state index contributed by atoms with van der Waals surface area (Å²) in [5.74, 6) is -0.0136. The van der Waals surface area contributed by atoms with Crippen molar-refractivity contribution in [2.24, 2.45) is 5.92 Å². The van der Waals surface area contributed by atoms with Gasteiger partial charge in [-0.15, -0.1) is 0 Å². The lowest BCUT2D eigenvalue weighted by Crippen LogP contribution is -2.34. The number of carbonyl (C=O) groups is 1. The van der Waals surface area contributed by atoms with Crippen molar-refractivity contribution in [2.45, 2.75) is 13.5 Å². The minimum Gasteiger partial charge on any atom is -0.399 e. The number of nitrogens with two attached hydrogens (primary N) is 1. The summed E-state index contributed by atoms with van der Waals surface area (Å²) in [7, 11) is 3.60. The van der Waals surface area contributed by atoms with E-state index in [4.69, 9.17) is 17.3 Å². The van der Waals surface area contributed by atoms with Crippen molar-refractivity contribution in [3.63, 3.8) is 0 Å². The molecule has 4 nitrogen and oxygen atoms in total. The molecule has 0 saturated carbocycles. The molecular formula is C13H20ClN3O. The van der Waals surface area contributed by atoms with Crippen molar-refractivity contribution in [1.29, 1.82) is 0 Å². The number of nitrogens with zero attached hydrogens (tertiary/aromatic N) is 1. The quantitative estimate of drug-likeness (QED) is 0.801. The molecule has 0 aliphatic rings. The molecule has 0 aliphatic heterocycles. The summed E-state index contributed by atoms with van der Waals surface area (Å²) in [6.07, 6.45) is 0. The number of anilines is 1. The van der Waals surface area contributed by atoms with E-state index in [0.717, 1.165) is 5.56 Å². The maximum absolute atomic E-state index is 11.4. The Morgan fingerprint density at radius 3 is 2.83 bits per heavy atom. The van der Waals surface area contributed by atoms with Gasteiger partial charge >= 0.3 is 0 Å². The van der Waals surface area contributed by atoms with Crippen LogP contribution in [0.2, 0.25) is 5.02 Å². The van der Waals surface area contributed by atoms with E-state index >= 15 is 0 Å². The van der Waals surface area contributed by atoms with E-state index in [1.807, 2.05) is 20.0 Å². The molecule has 1 aromatic rings. The minimum absolute atomic E-state index is 0.0422. The Labute approximate surface area is 113 Å². The molecule has 0 heterocycles. The van der Waals surface area contributed by atoms with Crippen molar-refractivity contribution in [3.8, 4) is 0 Å². The van der Waals surface area contributed by atoms with Crippen LogP contribution in [0.3, 0.4) is 0 Å². The Kier molecular flexibility index (Phi) is 5.44. The Morgan fingerprint density at radius 2 is 2.22 bits per heavy atom. The largest absolute Gasteiger partial charge is 0.399 e. The van der Waals surface area contributed by atoms with Crippen molar-refractivity contribution in [1.82, 2.24) is 10.2 Å². The van der Waals surface area contributed by atoms with E-state index in [1.54, 1.807) is 19.2 Å². The highest BCUT2D eigenvalue weighted by atomic mass is 35.5. The highest BCUT2D eigenvalue weighted by Crippen LogP contribution is 2.20. The normalized spacial score (nSPS) is 12.5. The molecule has 1 atom stereocenters. The van der Waals surface area contributed by atoms with Crippen LogP contribution in [-0.2, 0) is 11.3 Å². The summed E-state index contributed by atoms with van der Waals surface area (Å²) in [5, 5.41) is 3.34. The summed E-state index contributed by atoms with van der Waals surface area (Å²) in [4.78, 5) is 13.5. The fourth-order valence-corrected chi connectivity index (χ4v) is 2.05. The third kappa shape index (κ3) is 4.20. The number of benzene rings is 1. The zero-order valence-electron chi connectivity index (χ0n) is 11.0. The van der Waals surface area contributed by atoms with Gasteiger partial charge in [-0.1, -0.05) is 18.5 Å². The van der Waals surface area contributed by atoms with Gasteiger partial charge in [-0.2, -0.15) is 0 Å². The van der Waals surface area contributed by atoms with Gasteiger partial charge in [-0.3, -0.25) is 4.79 Å². The molecule has 3 N–H and O–H groups in total. The van der Waals surface area contributed by atoms with E-state index in [2.05, 4.69) is 10.2 Å². The van der Waals surface area contributed by atoms with Gasteiger partial charge in [0.15, 0.2) is 0 Å². The van der Waals surface area contributed by atoms with Crippen molar-refractivity contribution >= 4 is 23.2 Å². The second kappa shape index (κ2) is 6.61. The standard InChI is InChI=1S/C13H20ClN3O/c1-9(13(18)16-2)7-17(3)8-10-6-11(15)4-5-12(10)14/h4-6,9H,7-8,15H2,1-3H3,(H,16,18). The molecule has 0 bridgehead atoms. The van der Waals surface area contributed by atoms with Crippen LogP contribution < -0.4 is 11.1 Å². The number of nitrogens with one attached hydrogen (secondary N) is 1. The Morgan fingerprint density at radius 1 is 1.56 bits per heavy atom. The first-order valence-corrected chi connectivity index (χ1v) is 6.26. The third-order valence-corrected chi connectivity index (χ3v) is 3.16.